The van der Waals surface area contributed by atoms with Gasteiger partial charge in [-0.15, -0.1) is 0 Å². The number of rotatable bonds is 5. The molecule has 0 spiro atoms. The smallest absolute Gasteiger partial charge is 0.0540 e. The summed E-state index contributed by atoms with van der Waals surface area (Å²) >= 11 is 3.67. The molecule has 5 aromatic rings. The maximum Gasteiger partial charge on any atom is 0.0540 e. The van der Waals surface area contributed by atoms with E-state index in [-0.39, 0.29) is 0 Å². The van der Waals surface area contributed by atoms with Crippen molar-refractivity contribution in [1.82, 2.24) is 0 Å². The minimum Gasteiger partial charge on any atom is -0.310 e. The molecule has 0 saturated heterocycles. The van der Waals surface area contributed by atoms with Crippen LogP contribution in [0.15, 0.2) is 138 Å². The second kappa shape index (κ2) is 9.25. The molecule has 32 heavy (non-hydrogen) atoms. The van der Waals surface area contributed by atoms with Crippen LogP contribution in [0.4, 0.5) is 17.1 Å². The molecular formula is C30H22BrN. The fraction of sp³-hybridized carbons (Fsp3) is 0. The highest BCUT2D eigenvalue weighted by atomic mass is 79.9. The molecule has 0 aliphatic heterocycles. The maximum atomic E-state index is 3.67. The lowest BCUT2D eigenvalue weighted by atomic mass is 10.0. The van der Waals surface area contributed by atoms with Crippen LogP contribution in [0, 0.1) is 0 Å². The zero-order chi connectivity index (χ0) is 21.8. The molecule has 5 aromatic carbocycles. The van der Waals surface area contributed by atoms with E-state index in [1.807, 2.05) is 6.07 Å². The van der Waals surface area contributed by atoms with Gasteiger partial charge in [0.15, 0.2) is 0 Å². The number of hydrogen-bond acceptors (Lipinski definition) is 1. The fourth-order valence-corrected chi connectivity index (χ4v) is 4.35. The lowest BCUT2D eigenvalue weighted by Crippen LogP contribution is -2.11. The van der Waals surface area contributed by atoms with Crippen molar-refractivity contribution >= 4 is 33.0 Å². The third-order valence-electron chi connectivity index (χ3n) is 5.53. The third-order valence-corrected chi connectivity index (χ3v) is 6.02. The van der Waals surface area contributed by atoms with Crippen molar-refractivity contribution in [3.05, 3.63) is 138 Å². The van der Waals surface area contributed by atoms with E-state index in [1.165, 1.54) is 22.3 Å². The Bertz CT molecular complexity index is 1300. The zero-order valence-corrected chi connectivity index (χ0v) is 19.1. The average molecular weight is 476 g/mol. The van der Waals surface area contributed by atoms with E-state index < -0.39 is 0 Å². The predicted octanol–water partition coefficient (Wildman–Crippen LogP) is 9.25. The first-order chi connectivity index (χ1) is 15.8. The van der Waals surface area contributed by atoms with Gasteiger partial charge in [-0.3, -0.25) is 0 Å². The van der Waals surface area contributed by atoms with Gasteiger partial charge < -0.3 is 4.90 Å². The highest BCUT2D eigenvalue weighted by Gasteiger charge is 2.17. The van der Waals surface area contributed by atoms with E-state index in [4.69, 9.17) is 0 Å². The average Bonchev–Trinajstić information content (AvgIpc) is 2.87. The van der Waals surface area contributed by atoms with Gasteiger partial charge in [0.2, 0.25) is 0 Å². The fourth-order valence-electron chi connectivity index (χ4n) is 3.99. The summed E-state index contributed by atoms with van der Waals surface area (Å²) in [5.41, 5.74) is 8.18. The second-order valence-corrected chi connectivity index (χ2v) is 8.53. The maximum absolute atomic E-state index is 3.67. The van der Waals surface area contributed by atoms with E-state index in [9.17, 15) is 0 Å². The van der Waals surface area contributed by atoms with Crippen molar-refractivity contribution in [2.75, 3.05) is 4.90 Å². The third kappa shape index (κ3) is 4.23. The van der Waals surface area contributed by atoms with Gasteiger partial charge in [0.05, 0.1) is 5.69 Å². The van der Waals surface area contributed by atoms with Crippen LogP contribution in [0.25, 0.3) is 22.3 Å². The van der Waals surface area contributed by atoms with Gasteiger partial charge in [0, 0.05) is 21.4 Å². The molecule has 2 heteroatoms. The Morgan fingerprint density at radius 1 is 0.438 bits per heavy atom. The van der Waals surface area contributed by atoms with Gasteiger partial charge in [-0.2, -0.15) is 0 Å². The number of para-hydroxylation sites is 1. The Hall–Kier alpha value is -3.62. The van der Waals surface area contributed by atoms with E-state index in [2.05, 4.69) is 148 Å². The van der Waals surface area contributed by atoms with Crippen molar-refractivity contribution in [2.24, 2.45) is 0 Å². The van der Waals surface area contributed by atoms with Crippen molar-refractivity contribution in [3.63, 3.8) is 0 Å². The predicted molar refractivity (Wildman–Crippen MR) is 140 cm³/mol. The first-order valence-corrected chi connectivity index (χ1v) is 11.4. The summed E-state index contributed by atoms with van der Waals surface area (Å²) in [7, 11) is 0. The molecule has 1 nitrogen and oxygen atoms in total. The minimum absolute atomic E-state index is 1.06. The van der Waals surface area contributed by atoms with Gasteiger partial charge in [0.25, 0.3) is 0 Å². The van der Waals surface area contributed by atoms with E-state index in [0.29, 0.717) is 0 Å². The molecule has 154 valence electrons. The van der Waals surface area contributed by atoms with E-state index >= 15 is 0 Å². The van der Waals surface area contributed by atoms with Crippen LogP contribution in [0.5, 0.6) is 0 Å². The van der Waals surface area contributed by atoms with Crippen molar-refractivity contribution < 1.29 is 0 Å². The number of anilines is 3. The summed E-state index contributed by atoms with van der Waals surface area (Å²) in [6.45, 7) is 0. The minimum atomic E-state index is 1.06. The summed E-state index contributed by atoms with van der Waals surface area (Å²) in [5, 5.41) is 0. The van der Waals surface area contributed by atoms with Crippen LogP contribution in [-0.4, -0.2) is 0 Å². The standard InChI is InChI=1S/C30H22BrN/c31-26-18-21-30(29(22-26)25-12-6-2-7-13-25)32(27-14-8-3-9-15-27)28-19-16-24(17-20-28)23-10-4-1-5-11-23/h1-22H. The second-order valence-electron chi connectivity index (χ2n) is 7.61. The van der Waals surface area contributed by atoms with Gasteiger partial charge in [0.1, 0.15) is 0 Å². The first-order valence-electron chi connectivity index (χ1n) is 10.7. The van der Waals surface area contributed by atoms with Crippen molar-refractivity contribution in [1.29, 1.82) is 0 Å². The number of halogens is 1. The highest BCUT2D eigenvalue weighted by molar-refractivity contribution is 9.10. The summed E-state index contributed by atoms with van der Waals surface area (Å²) in [6.07, 6.45) is 0. The largest absolute Gasteiger partial charge is 0.310 e. The SMILES string of the molecule is Brc1ccc(N(c2ccccc2)c2ccc(-c3ccccc3)cc2)c(-c2ccccc2)c1. The van der Waals surface area contributed by atoms with Gasteiger partial charge in [-0.25, -0.2) is 0 Å². The van der Waals surface area contributed by atoms with Crippen molar-refractivity contribution in [2.45, 2.75) is 0 Å². The molecule has 0 aliphatic carbocycles. The number of hydrogen-bond donors (Lipinski definition) is 0. The van der Waals surface area contributed by atoms with Crippen LogP contribution >= 0.6 is 15.9 Å². The number of benzene rings is 5. The molecule has 0 fully saturated rings. The van der Waals surface area contributed by atoms with E-state index in [1.54, 1.807) is 0 Å². The molecule has 0 bridgehead atoms. The van der Waals surface area contributed by atoms with Crippen LogP contribution < -0.4 is 4.90 Å². The molecule has 0 amide bonds. The molecule has 0 heterocycles. The van der Waals surface area contributed by atoms with Crippen molar-refractivity contribution in [3.8, 4) is 22.3 Å². The summed E-state index contributed by atoms with van der Waals surface area (Å²) in [6, 6.07) is 46.8. The zero-order valence-electron chi connectivity index (χ0n) is 17.5. The first kappa shape index (κ1) is 20.3. The summed E-state index contributed by atoms with van der Waals surface area (Å²) in [5.74, 6) is 0. The lowest BCUT2D eigenvalue weighted by molar-refractivity contribution is 1.28. The van der Waals surface area contributed by atoms with Gasteiger partial charge >= 0.3 is 0 Å². The van der Waals surface area contributed by atoms with Crippen LogP contribution in [0.3, 0.4) is 0 Å². The van der Waals surface area contributed by atoms with Crippen LogP contribution in [-0.2, 0) is 0 Å². The van der Waals surface area contributed by atoms with Crippen LogP contribution in [0.2, 0.25) is 0 Å². The Labute approximate surface area is 197 Å². The molecule has 0 radical (unpaired) electrons. The highest BCUT2D eigenvalue weighted by Crippen LogP contribution is 2.42. The van der Waals surface area contributed by atoms with Gasteiger partial charge in [-0.05, 0) is 59.2 Å². The summed E-state index contributed by atoms with van der Waals surface area (Å²) in [4.78, 5) is 2.32. The molecule has 0 unspecified atom stereocenters. The van der Waals surface area contributed by atoms with E-state index in [0.717, 1.165) is 21.5 Å². The Morgan fingerprint density at radius 2 is 0.938 bits per heavy atom. The molecule has 0 saturated carbocycles. The topological polar surface area (TPSA) is 3.24 Å². The molecule has 0 atom stereocenters. The quantitative estimate of drug-likeness (QED) is 0.244. The number of nitrogens with zero attached hydrogens (tertiary/aromatic N) is 1. The lowest BCUT2D eigenvalue weighted by Gasteiger charge is -2.28. The molecular weight excluding hydrogens is 454 g/mol. The Kier molecular flexibility index (Phi) is 5.87. The molecule has 0 N–H and O–H groups in total. The normalized spacial score (nSPS) is 10.7. The molecule has 5 rings (SSSR count). The van der Waals surface area contributed by atoms with Gasteiger partial charge in [-0.1, -0.05) is 107 Å². The van der Waals surface area contributed by atoms with Crippen LogP contribution in [0.1, 0.15) is 0 Å². The monoisotopic (exact) mass is 475 g/mol. The Morgan fingerprint density at radius 3 is 1.56 bits per heavy atom. The molecule has 0 aromatic heterocycles. The molecule has 0 aliphatic rings. The Balaban J connectivity index is 1.66. The summed E-state index contributed by atoms with van der Waals surface area (Å²) < 4.78 is 1.06.